The molecule has 0 saturated heterocycles. The Morgan fingerprint density at radius 2 is 2.22 bits per heavy atom. The highest BCUT2D eigenvalue weighted by Gasteiger charge is 2.51. The highest BCUT2D eigenvalue weighted by atomic mass is 35.5. The number of rotatable bonds is 0. The number of phenols is 1. The average Bonchev–Trinajstić information content (AvgIpc) is 2.83. The lowest BCUT2D eigenvalue weighted by atomic mass is 9.74. The van der Waals surface area contributed by atoms with Crippen LogP contribution in [-0.2, 0) is 11.2 Å². The third-order valence-electron chi connectivity index (χ3n) is 4.86. The van der Waals surface area contributed by atoms with Gasteiger partial charge in [0.25, 0.3) is 0 Å². The summed E-state index contributed by atoms with van der Waals surface area (Å²) in [6.45, 7) is 0. The van der Waals surface area contributed by atoms with Gasteiger partial charge in [0.2, 0.25) is 0 Å². The Hall–Kier alpha value is -1.28. The average molecular weight is 261 g/mol. The number of hydrogen-bond donors (Lipinski definition) is 1. The van der Waals surface area contributed by atoms with Crippen LogP contribution in [0.3, 0.4) is 0 Å². The Balaban J connectivity index is 1.96. The Morgan fingerprint density at radius 3 is 3.06 bits per heavy atom. The molecule has 2 bridgehead atoms. The van der Waals surface area contributed by atoms with Gasteiger partial charge in [-0.05, 0) is 60.6 Å². The molecule has 1 saturated carbocycles. The molecule has 0 aliphatic heterocycles. The molecule has 2 atom stereocenters. The predicted molar refractivity (Wildman–Crippen MR) is 69.6 cm³/mol. The highest BCUT2D eigenvalue weighted by molar-refractivity contribution is 6.32. The monoisotopic (exact) mass is 260 g/mol. The van der Waals surface area contributed by atoms with Crippen molar-refractivity contribution in [3.63, 3.8) is 0 Å². The maximum atomic E-state index is 12.0. The van der Waals surface area contributed by atoms with Gasteiger partial charge in [0.15, 0.2) is 5.78 Å². The van der Waals surface area contributed by atoms with Crippen LogP contribution in [0.4, 0.5) is 0 Å². The molecule has 92 valence electrons. The number of phenolic OH excluding ortho intramolecular Hbond substituents is 1. The molecular formula is C15H13ClO2. The molecule has 1 spiro atoms. The molecule has 3 aliphatic carbocycles. The maximum absolute atomic E-state index is 12.0. The van der Waals surface area contributed by atoms with E-state index in [1.165, 1.54) is 0 Å². The molecular weight excluding hydrogens is 248 g/mol. The Morgan fingerprint density at radius 1 is 1.39 bits per heavy atom. The molecule has 0 unspecified atom stereocenters. The molecule has 0 amide bonds. The molecule has 1 aromatic carbocycles. The zero-order valence-electron chi connectivity index (χ0n) is 9.87. The van der Waals surface area contributed by atoms with Gasteiger partial charge in [0.05, 0.1) is 5.02 Å². The maximum Gasteiger partial charge on any atom is 0.159 e. The van der Waals surface area contributed by atoms with Gasteiger partial charge in [-0.25, -0.2) is 0 Å². The minimum Gasteiger partial charge on any atom is -0.506 e. The van der Waals surface area contributed by atoms with Crippen LogP contribution >= 0.6 is 11.6 Å². The number of fused-ring (bicyclic) bond motifs is 3. The van der Waals surface area contributed by atoms with Crippen molar-refractivity contribution in [2.75, 3.05) is 0 Å². The number of carbonyl (C=O) groups excluding carboxylic acids is 1. The van der Waals surface area contributed by atoms with Crippen molar-refractivity contribution < 1.29 is 9.90 Å². The van der Waals surface area contributed by atoms with Crippen molar-refractivity contribution in [3.8, 4) is 5.75 Å². The van der Waals surface area contributed by atoms with Gasteiger partial charge in [-0.15, -0.1) is 0 Å². The molecule has 18 heavy (non-hydrogen) atoms. The smallest absolute Gasteiger partial charge is 0.159 e. The van der Waals surface area contributed by atoms with Crippen molar-refractivity contribution >= 4 is 23.0 Å². The Bertz CT molecular complexity index is 617. The quantitative estimate of drug-likeness (QED) is 0.777. The van der Waals surface area contributed by atoms with Crippen LogP contribution < -0.4 is 0 Å². The molecule has 3 aliphatic rings. The number of aromatic hydroxyl groups is 1. The van der Waals surface area contributed by atoms with E-state index in [0.29, 0.717) is 5.02 Å². The summed E-state index contributed by atoms with van der Waals surface area (Å²) in [6, 6.07) is 3.59. The molecule has 0 heterocycles. The second kappa shape index (κ2) is 3.18. The van der Waals surface area contributed by atoms with E-state index in [1.54, 1.807) is 6.07 Å². The minimum absolute atomic E-state index is 0.145. The number of ketones is 1. The second-order valence-electron chi connectivity index (χ2n) is 5.82. The molecule has 0 radical (unpaired) electrons. The fraction of sp³-hybridized carbons (Fsp3) is 0.400. The standard InChI is InChI=1S/C15H13ClO2/c16-12-4-10-9(3-14(12)18)7-15-2-1-8(6-15)13(17)5-11(10)15/h3-5,8,18H,1-2,6-7H2/t8-,15-/m0/s1. The first-order chi connectivity index (χ1) is 8.59. The summed E-state index contributed by atoms with van der Waals surface area (Å²) in [7, 11) is 0. The molecule has 1 aromatic rings. The van der Waals surface area contributed by atoms with E-state index < -0.39 is 0 Å². The molecule has 1 N–H and O–H groups in total. The lowest BCUT2D eigenvalue weighted by Gasteiger charge is -2.28. The molecule has 4 rings (SSSR count). The van der Waals surface area contributed by atoms with E-state index in [2.05, 4.69) is 0 Å². The summed E-state index contributed by atoms with van der Waals surface area (Å²) in [5.41, 5.74) is 3.53. The number of carbonyl (C=O) groups is 1. The number of hydrogen-bond acceptors (Lipinski definition) is 2. The van der Waals surface area contributed by atoms with Gasteiger partial charge in [0, 0.05) is 11.3 Å². The van der Waals surface area contributed by atoms with Gasteiger partial charge in [0.1, 0.15) is 5.75 Å². The first-order valence-electron chi connectivity index (χ1n) is 6.37. The van der Waals surface area contributed by atoms with Gasteiger partial charge < -0.3 is 5.11 Å². The van der Waals surface area contributed by atoms with Gasteiger partial charge in [-0.3, -0.25) is 4.79 Å². The lowest BCUT2D eigenvalue weighted by Crippen LogP contribution is -2.23. The van der Waals surface area contributed by atoms with Gasteiger partial charge in [-0.1, -0.05) is 11.6 Å². The zero-order valence-corrected chi connectivity index (χ0v) is 10.6. The summed E-state index contributed by atoms with van der Waals surface area (Å²) in [5.74, 6) is 0.647. The molecule has 1 fully saturated rings. The number of benzene rings is 1. The normalized spacial score (nSPS) is 32.2. The summed E-state index contributed by atoms with van der Waals surface area (Å²) in [4.78, 5) is 12.0. The second-order valence-corrected chi connectivity index (χ2v) is 6.23. The van der Waals surface area contributed by atoms with E-state index in [9.17, 15) is 9.90 Å². The van der Waals surface area contributed by atoms with E-state index in [0.717, 1.165) is 42.4 Å². The topological polar surface area (TPSA) is 37.3 Å². The molecule has 0 aromatic heterocycles. The number of allylic oxidation sites excluding steroid dienone is 2. The van der Waals surface area contributed by atoms with Crippen molar-refractivity contribution in [2.45, 2.75) is 25.7 Å². The van der Waals surface area contributed by atoms with Crippen LogP contribution in [0, 0.1) is 11.3 Å². The lowest BCUT2D eigenvalue weighted by molar-refractivity contribution is -0.118. The van der Waals surface area contributed by atoms with Crippen LogP contribution in [0.15, 0.2) is 18.2 Å². The predicted octanol–water partition coefficient (Wildman–Crippen LogP) is 3.35. The van der Waals surface area contributed by atoms with E-state index in [1.807, 2.05) is 12.1 Å². The van der Waals surface area contributed by atoms with Crippen molar-refractivity contribution in [1.29, 1.82) is 0 Å². The SMILES string of the molecule is O=C1C=C2c3cc(Cl)c(O)cc3C[C@@]23CC[C@H]1C3. The Kier molecular flexibility index (Phi) is 1.88. The van der Waals surface area contributed by atoms with Crippen molar-refractivity contribution in [3.05, 3.63) is 34.4 Å². The van der Waals surface area contributed by atoms with Crippen LogP contribution in [0.5, 0.6) is 5.75 Å². The van der Waals surface area contributed by atoms with Crippen LogP contribution in [0.25, 0.3) is 5.57 Å². The van der Waals surface area contributed by atoms with Gasteiger partial charge >= 0.3 is 0 Å². The summed E-state index contributed by atoms with van der Waals surface area (Å²) in [6.07, 6.45) is 5.85. The van der Waals surface area contributed by atoms with E-state index >= 15 is 0 Å². The molecule has 2 nitrogen and oxygen atoms in total. The van der Waals surface area contributed by atoms with Crippen LogP contribution in [0.1, 0.15) is 30.4 Å². The zero-order chi connectivity index (χ0) is 12.5. The van der Waals surface area contributed by atoms with E-state index in [4.69, 9.17) is 11.6 Å². The van der Waals surface area contributed by atoms with Crippen molar-refractivity contribution in [2.24, 2.45) is 11.3 Å². The fourth-order valence-corrected chi connectivity index (χ4v) is 4.18. The largest absolute Gasteiger partial charge is 0.506 e. The summed E-state index contributed by atoms with van der Waals surface area (Å²) >= 11 is 6.00. The van der Waals surface area contributed by atoms with Crippen molar-refractivity contribution in [1.82, 2.24) is 0 Å². The Labute approximate surface area is 110 Å². The third-order valence-corrected chi connectivity index (χ3v) is 5.16. The fourth-order valence-electron chi connectivity index (χ4n) is 4.01. The van der Waals surface area contributed by atoms with E-state index in [-0.39, 0.29) is 22.9 Å². The van der Waals surface area contributed by atoms with Gasteiger partial charge in [-0.2, -0.15) is 0 Å². The minimum atomic E-state index is 0.145. The first kappa shape index (κ1) is 10.6. The first-order valence-corrected chi connectivity index (χ1v) is 6.75. The third kappa shape index (κ3) is 1.17. The van der Waals surface area contributed by atoms with Crippen LogP contribution in [-0.4, -0.2) is 10.9 Å². The summed E-state index contributed by atoms with van der Waals surface area (Å²) < 4.78 is 0. The number of halogens is 1. The highest BCUT2D eigenvalue weighted by Crippen LogP contribution is 2.60. The summed E-state index contributed by atoms with van der Waals surface area (Å²) in [5, 5.41) is 10.1. The van der Waals surface area contributed by atoms with Crippen LogP contribution in [0.2, 0.25) is 5.02 Å². The molecule has 3 heteroatoms.